The summed E-state index contributed by atoms with van der Waals surface area (Å²) in [4.78, 5) is 11.0. The molecular formula is C12H19N3. The van der Waals surface area contributed by atoms with Crippen LogP contribution in [0.25, 0.3) is 0 Å². The molecule has 0 N–H and O–H groups in total. The number of aromatic nitrogens is 2. The van der Waals surface area contributed by atoms with E-state index in [1.165, 1.54) is 19.3 Å². The maximum absolute atomic E-state index is 4.37. The van der Waals surface area contributed by atoms with Crippen LogP contribution in [0.2, 0.25) is 0 Å². The first-order valence-corrected chi connectivity index (χ1v) is 5.83. The quantitative estimate of drug-likeness (QED) is 0.742. The highest BCUT2D eigenvalue weighted by Crippen LogP contribution is 2.22. The Morgan fingerprint density at radius 1 is 1.27 bits per heavy atom. The van der Waals surface area contributed by atoms with Gasteiger partial charge in [0.2, 0.25) is 5.95 Å². The van der Waals surface area contributed by atoms with Crippen LogP contribution in [0.4, 0.5) is 5.95 Å². The van der Waals surface area contributed by atoms with E-state index in [2.05, 4.69) is 21.8 Å². The molecule has 1 fully saturated rings. The monoisotopic (exact) mass is 205 g/mol. The average molecular weight is 205 g/mol. The van der Waals surface area contributed by atoms with Crippen molar-refractivity contribution in [1.82, 2.24) is 9.97 Å². The SMILES string of the molecule is CCC1CCN(c2ncc(C)cn2)CC1. The van der Waals surface area contributed by atoms with Gasteiger partial charge in [-0.2, -0.15) is 0 Å². The molecule has 1 aromatic rings. The Labute approximate surface area is 91.5 Å². The van der Waals surface area contributed by atoms with Crippen LogP contribution < -0.4 is 4.90 Å². The minimum Gasteiger partial charge on any atom is -0.341 e. The van der Waals surface area contributed by atoms with E-state index < -0.39 is 0 Å². The molecule has 0 saturated carbocycles. The fourth-order valence-corrected chi connectivity index (χ4v) is 2.09. The first kappa shape index (κ1) is 10.4. The van der Waals surface area contributed by atoms with Crippen molar-refractivity contribution in [2.75, 3.05) is 18.0 Å². The van der Waals surface area contributed by atoms with E-state index in [1.54, 1.807) is 0 Å². The molecule has 0 radical (unpaired) electrons. The second kappa shape index (κ2) is 4.60. The van der Waals surface area contributed by atoms with Gasteiger partial charge in [0.25, 0.3) is 0 Å². The van der Waals surface area contributed by atoms with E-state index in [4.69, 9.17) is 0 Å². The molecule has 0 amide bonds. The van der Waals surface area contributed by atoms with E-state index in [9.17, 15) is 0 Å². The molecule has 15 heavy (non-hydrogen) atoms. The number of piperidine rings is 1. The second-order valence-corrected chi connectivity index (χ2v) is 4.40. The molecule has 3 heteroatoms. The van der Waals surface area contributed by atoms with E-state index >= 15 is 0 Å². The third-order valence-electron chi connectivity index (χ3n) is 3.24. The number of hydrogen-bond acceptors (Lipinski definition) is 3. The van der Waals surface area contributed by atoms with Gasteiger partial charge < -0.3 is 4.90 Å². The van der Waals surface area contributed by atoms with Crippen LogP contribution in [0.5, 0.6) is 0 Å². The standard InChI is InChI=1S/C12H19N3/c1-3-11-4-6-15(7-5-11)12-13-8-10(2)9-14-12/h8-9,11H,3-7H2,1-2H3. The average Bonchev–Trinajstić information content (AvgIpc) is 2.30. The Balaban J connectivity index is 1.98. The van der Waals surface area contributed by atoms with Gasteiger partial charge in [-0.1, -0.05) is 13.3 Å². The summed E-state index contributed by atoms with van der Waals surface area (Å²) < 4.78 is 0. The lowest BCUT2D eigenvalue weighted by Gasteiger charge is -2.31. The van der Waals surface area contributed by atoms with Gasteiger partial charge in [0.05, 0.1) is 0 Å². The number of nitrogens with zero attached hydrogens (tertiary/aromatic N) is 3. The predicted molar refractivity (Wildman–Crippen MR) is 62.0 cm³/mol. The molecule has 0 bridgehead atoms. The van der Waals surface area contributed by atoms with Gasteiger partial charge in [-0.3, -0.25) is 0 Å². The third-order valence-corrected chi connectivity index (χ3v) is 3.24. The van der Waals surface area contributed by atoms with E-state index in [0.717, 1.165) is 30.5 Å². The molecule has 0 unspecified atom stereocenters. The summed E-state index contributed by atoms with van der Waals surface area (Å²) in [6, 6.07) is 0. The molecule has 3 nitrogen and oxygen atoms in total. The summed E-state index contributed by atoms with van der Waals surface area (Å²) in [5, 5.41) is 0. The summed E-state index contributed by atoms with van der Waals surface area (Å²) in [6.07, 6.45) is 7.67. The van der Waals surface area contributed by atoms with Crippen LogP contribution >= 0.6 is 0 Å². The van der Waals surface area contributed by atoms with Crippen molar-refractivity contribution in [3.8, 4) is 0 Å². The third kappa shape index (κ3) is 2.46. The number of aryl methyl sites for hydroxylation is 1. The maximum Gasteiger partial charge on any atom is 0.225 e. The van der Waals surface area contributed by atoms with Crippen LogP contribution in [0.3, 0.4) is 0 Å². The van der Waals surface area contributed by atoms with Gasteiger partial charge in [0.1, 0.15) is 0 Å². The van der Waals surface area contributed by atoms with Crippen molar-refractivity contribution >= 4 is 5.95 Å². The molecule has 1 saturated heterocycles. The van der Waals surface area contributed by atoms with Gasteiger partial charge in [0, 0.05) is 25.5 Å². The second-order valence-electron chi connectivity index (χ2n) is 4.40. The van der Waals surface area contributed by atoms with Crippen LogP contribution in [-0.2, 0) is 0 Å². The molecule has 0 aliphatic carbocycles. The van der Waals surface area contributed by atoms with Gasteiger partial charge in [0.15, 0.2) is 0 Å². The van der Waals surface area contributed by atoms with Gasteiger partial charge in [-0.25, -0.2) is 9.97 Å². The van der Waals surface area contributed by atoms with Crippen molar-refractivity contribution in [2.45, 2.75) is 33.1 Å². The van der Waals surface area contributed by atoms with Crippen LogP contribution in [-0.4, -0.2) is 23.1 Å². The van der Waals surface area contributed by atoms with Crippen molar-refractivity contribution in [1.29, 1.82) is 0 Å². The van der Waals surface area contributed by atoms with Crippen molar-refractivity contribution in [2.24, 2.45) is 5.92 Å². The normalized spacial score (nSPS) is 18.1. The van der Waals surface area contributed by atoms with Crippen molar-refractivity contribution in [3.63, 3.8) is 0 Å². The van der Waals surface area contributed by atoms with Crippen LogP contribution in [0.15, 0.2) is 12.4 Å². The van der Waals surface area contributed by atoms with E-state index in [1.807, 2.05) is 19.3 Å². The van der Waals surface area contributed by atoms with E-state index in [0.29, 0.717) is 0 Å². The zero-order valence-electron chi connectivity index (χ0n) is 9.61. The minimum atomic E-state index is 0.898. The Morgan fingerprint density at radius 2 is 1.87 bits per heavy atom. The predicted octanol–water partition coefficient (Wildman–Crippen LogP) is 2.41. The topological polar surface area (TPSA) is 29.0 Å². The lowest BCUT2D eigenvalue weighted by molar-refractivity contribution is 0.392. The Bertz CT molecular complexity index is 299. The fourth-order valence-electron chi connectivity index (χ4n) is 2.09. The first-order valence-electron chi connectivity index (χ1n) is 5.83. The zero-order valence-corrected chi connectivity index (χ0v) is 9.61. The molecular weight excluding hydrogens is 186 g/mol. The van der Waals surface area contributed by atoms with Gasteiger partial charge in [-0.05, 0) is 31.2 Å². The first-order chi connectivity index (χ1) is 7.29. The molecule has 0 aromatic carbocycles. The number of anilines is 1. The van der Waals surface area contributed by atoms with Gasteiger partial charge in [-0.15, -0.1) is 0 Å². The lowest BCUT2D eigenvalue weighted by atomic mass is 9.95. The molecule has 2 rings (SSSR count). The fraction of sp³-hybridized carbons (Fsp3) is 0.667. The summed E-state index contributed by atoms with van der Waals surface area (Å²) >= 11 is 0. The van der Waals surface area contributed by atoms with Gasteiger partial charge >= 0.3 is 0 Å². The Hall–Kier alpha value is -1.12. The molecule has 1 aliphatic heterocycles. The molecule has 0 atom stereocenters. The van der Waals surface area contributed by atoms with Crippen LogP contribution in [0, 0.1) is 12.8 Å². The molecule has 1 aromatic heterocycles. The maximum atomic E-state index is 4.37. The summed E-state index contributed by atoms with van der Waals surface area (Å²) in [5.41, 5.74) is 1.13. The molecule has 82 valence electrons. The summed E-state index contributed by atoms with van der Waals surface area (Å²) in [6.45, 7) is 6.53. The largest absolute Gasteiger partial charge is 0.341 e. The number of rotatable bonds is 2. The highest BCUT2D eigenvalue weighted by Gasteiger charge is 2.19. The van der Waals surface area contributed by atoms with Crippen molar-refractivity contribution in [3.05, 3.63) is 18.0 Å². The highest BCUT2D eigenvalue weighted by molar-refractivity contribution is 5.30. The highest BCUT2D eigenvalue weighted by atomic mass is 15.2. The molecule has 2 heterocycles. The zero-order chi connectivity index (χ0) is 10.7. The minimum absolute atomic E-state index is 0.898. The lowest BCUT2D eigenvalue weighted by Crippen LogP contribution is -2.34. The summed E-state index contributed by atoms with van der Waals surface area (Å²) in [7, 11) is 0. The molecule has 0 spiro atoms. The number of hydrogen-bond donors (Lipinski definition) is 0. The van der Waals surface area contributed by atoms with Crippen LogP contribution in [0.1, 0.15) is 31.7 Å². The van der Waals surface area contributed by atoms with Crippen molar-refractivity contribution < 1.29 is 0 Å². The smallest absolute Gasteiger partial charge is 0.225 e. The Morgan fingerprint density at radius 3 is 2.40 bits per heavy atom. The van der Waals surface area contributed by atoms with E-state index in [-0.39, 0.29) is 0 Å². The summed E-state index contributed by atoms with van der Waals surface area (Å²) in [5.74, 6) is 1.81. The molecule has 1 aliphatic rings. The Kier molecular flexibility index (Phi) is 3.19.